The standard InChI is InChI=1S/C15H18O3/c1-16-10-5-6-12-11(9-10)13-14(17-13)15(18-12)7-3-2-4-8-15/h5-6,9,13-14H,2-4,7-8H2,1H3/t13-,14-/m0/s1. The monoisotopic (exact) mass is 246 g/mol. The lowest BCUT2D eigenvalue weighted by molar-refractivity contribution is 0.00133. The molecule has 2 atom stereocenters. The first kappa shape index (κ1) is 10.7. The van der Waals surface area contributed by atoms with Gasteiger partial charge in [-0.3, -0.25) is 0 Å². The maximum atomic E-state index is 6.33. The van der Waals surface area contributed by atoms with E-state index in [-0.39, 0.29) is 17.8 Å². The van der Waals surface area contributed by atoms with E-state index in [4.69, 9.17) is 14.2 Å². The molecule has 0 N–H and O–H groups in total. The molecule has 0 bridgehead atoms. The summed E-state index contributed by atoms with van der Waals surface area (Å²) in [6, 6.07) is 6.05. The first-order chi connectivity index (χ1) is 8.82. The number of rotatable bonds is 1. The Morgan fingerprint density at radius 1 is 1.22 bits per heavy atom. The van der Waals surface area contributed by atoms with Crippen molar-refractivity contribution in [2.24, 2.45) is 0 Å². The Kier molecular flexibility index (Phi) is 2.16. The zero-order chi connectivity index (χ0) is 12.2. The third kappa shape index (κ3) is 1.40. The van der Waals surface area contributed by atoms with E-state index in [0.29, 0.717) is 0 Å². The highest BCUT2D eigenvalue weighted by atomic mass is 16.6. The molecular weight excluding hydrogens is 228 g/mol. The molecule has 1 saturated heterocycles. The van der Waals surface area contributed by atoms with Crippen molar-refractivity contribution in [2.45, 2.75) is 49.9 Å². The number of fused-ring (bicyclic) bond motifs is 4. The van der Waals surface area contributed by atoms with Crippen LogP contribution in [-0.4, -0.2) is 18.8 Å². The summed E-state index contributed by atoms with van der Waals surface area (Å²) < 4.78 is 17.5. The van der Waals surface area contributed by atoms with Crippen molar-refractivity contribution in [1.29, 1.82) is 0 Å². The summed E-state index contributed by atoms with van der Waals surface area (Å²) in [5, 5.41) is 0. The molecular formula is C15H18O3. The predicted molar refractivity (Wildman–Crippen MR) is 67.1 cm³/mol. The van der Waals surface area contributed by atoms with E-state index >= 15 is 0 Å². The maximum absolute atomic E-state index is 6.33. The Morgan fingerprint density at radius 3 is 2.83 bits per heavy atom. The van der Waals surface area contributed by atoms with Gasteiger partial charge in [-0.05, 0) is 43.9 Å². The molecule has 4 rings (SSSR count). The van der Waals surface area contributed by atoms with Gasteiger partial charge in [0.15, 0.2) is 0 Å². The molecule has 2 heterocycles. The van der Waals surface area contributed by atoms with Gasteiger partial charge in [0.25, 0.3) is 0 Å². The first-order valence-electron chi connectivity index (χ1n) is 6.85. The van der Waals surface area contributed by atoms with Gasteiger partial charge in [-0.25, -0.2) is 0 Å². The summed E-state index contributed by atoms with van der Waals surface area (Å²) in [5.74, 6) is 1.88. The molecule has 1 aliphatic carbocycles. The normalized spacial score (nSPS) is 31.2. The van der Waals surface area contributed by atoms with Crippen LogP contribution >= 0.6 is 0 Å². The highest BCUT2D eigenvalue weighted by Gasteiger charge is 2.61. The third-order valence-electron chi connectivity index (χ3n) is 4.55. The van der Waals surface area contributed by atoms with Gasteiger partial charge in [0.2, 0.25) is 0 Å². The van der Waals surface area contributed by atoms with E-state index < -0.39 is 0 Å². The molecule has 1 saturated carbocycles. The molecule has 0 aromatic heterocycles. The summed E-state index contributed by atoms with van der Waals surface area (Å²) in [6.45, 7) is 0. The third-order valence-corrected chi connectivity index (χ3v) is 4.55. The van der Waals surface area contributed by atoms with Crippen molar-refractivity contribution in [2.75, 3.05) is 7.11 Å². The van der Waals surface area contributed by atoms with E-state index in [2.05, 4.69) is 6.07 Å². The van der Waals surface area contributed by atoms with E-state index in [9.17, 15) is 0 Å². The molecule has 2 aliphatic heterocycles. The second kappa shape index (κ2) is 3.64. The molecule has 1 spiro atoms. The number of methoxy groups -OCH3 is 1. The fraction of sp³-hybridized carbons (Fsp3) is 0.600. The average molecular weight is 246 g/mol. The van der Waals surface area contributed by atoms with Crippen LogP contribution in [0.2, 0.25) is 0 Å². The quantitative estimate of drug-likeness (QED) is 0.713. The van der Waals surface area contributed by atoms with Crippen LogP contribution in [0.15, 0.2) is 18.2 Å². The Balaban J connectivity index is 1.71. The second-order valence-electron chi connectivity index (χ2n) is 5.61. The molecule has 3 nitrogen and oxygen atoms in total. The minimum absolute atomic E-state index is 0.0372. The lowest BCUT2D eigenvalue weighted by Crippen LogP contribution is -2.45. The van der Waals surface area contributed by atoms with Crippen LogP contribution in [0, 0.1) is 0 Å². The van der Waals surface area contributed by atoms with Crippen LogP contribution < -0.4 is 9.47 Å². The topological polar surface area (TPSA) is 31.0 Å². The molecule has 18 heavy (non-hydrogen) atoms. The number of ether oxygens (including phenoxy) is 3. The highest BCUT2D eigenvalue weighted by molar-refractivity contribution is 5.47. The molecule has 0 radical (unpaired) electrons. The summed E-state index contributed by atoms with van der Waals surface area (Å²) >= 11 is 0. The van der Waals surface area contributed by atoms with Crippen molar-refractivity contribution >= 4 is 0 Å². The second-order valence-corrected chi connectivity index (χ2v) is 5.61. The fourth-order valence-electron chi connectivity index (χ4n) is 3.53. The van der Waals surface area contributed by atoms with E-state index in [0.717, 1.165) is 29.9 Å². The maximum Gasteiger partial charge on any atom is 0.138 e. The molecule has 0 unspecified atom stereocenters. The van der Waals surface area contributed by atoms with Crippen molar-refractivity contribution in [1.82, 2.24) is 0 Å². The van der Waals surface area contributed by atoms with Crippen LogP contribution in [0.4, 0.5) is 0 Å². The van der Waals surface area contributed by atoms with E-state index in [1.807, 2.05) is 12.1 Å². The van der Waals surface area contributed by atoms with Gasteiger partial charge >= 0.3 is 0 Å². The zero-order valence-electron chi connectivity index (χ0n) is 10.6. The molecule has 1 aromatic rings. The molecule has 0 amide bonds. The minimum atomic E-state index is -0.0372. The van der Waals surface area contributed by atoms with Crippen molar-refractivity contribution in [3.05, 3.63) is 23.8 Å². The van der Waals surface area contributed by atoms with Gasteiger partial charge in [0.1, 0.15) is 29.3 Å². The summed E-state index contributed by atoms with van der Waals surface area (Å²) in [5.41, 5.74) is 1.13. The Hall–Kier alpha value is -1.22. The first-order valence-corrected chi connectivity index (χ1v) is 6.85. The molecule has 1 aromatic carbocycles. The number of benzene rings is 1. The minimum Gasteiger partial charge on any atom is -0.497 e. The van der Waals surface area contributed by atoms with Crippen LogP contribution in [-0.2, 0) is 4.74 Å². The zero-order valence-corrected chi connectivity index (χ0v) is 10.6. The number of hydrogen-bond donors (Lipinski definition) is 0. The van der Waals surface area contributed by atoms with Gasteiger partial charge in [-0.2, -0.15) is 0 Å². The number of hydrogen-bond acceptors (Lipinski definition) is 3. The van der Waals surface area contributed by atoms with Crippen molar-refractivity contribution < 1.29 is 14.2 Å². The van der Waals surface area contributed by atoms with Crippen LogP contribution in [0.25, 0.3) is 0 Å². The Bertz CT molecular complexity index is 477. The molecule has 96 valence electrons. The molecule has 3 heteroatoms. The Morgan fingerprint density at radius 2 is 2.06 bits per heavy atom. The van der Waals surface area contributed by atoms with Gasteiger partial charge in [0, 0.05) is 5.56 Å². The lowest BCUT2D eigenvalue weighted by atomic mass is 9.79. The van der Waals surface area contributed by atoms with Crippen LogP contribution in [0.3, 0.4) is 0 Å². The van der Waals surface area contributed by atoms with Crippen molar-refractivity contribution in [3.8, 4) is 11.5 Å². The highest BCUT2D eigenvalue weighted by Crippen LogP contribution is 2.58. The van der Waals surface area contributed by atoms with Gasteiger partial charge in [0.05, 0.1) is 7.11 Å². The smallest absolute Gasteiger partial charge is 0.138 e. The van der Waals surface area contributed by atoms with Crippen molar-refractivity contribution in [3.63, 3.8) is 0 Å². The van der Waals surface area contributed by atoms with E-state index in [1.54, 1.807) is 7.11 Å². The molecule has 3 aliphatic rings. The summed E-state index contributed by atoms with van der Waals surface area (Å²) in [6.07, 6.45) is 6.65. The SMILES string of the molecule is COc1ccc2c(c1)[C@@H]1O[C@@H]1C1(CCCCC1)O2. The predicted octanol–water partition coefficient (Wildman–Crippen LogP) is 3.23. The Labute approximate surface area is 107 Å². The largest absolute Gasteiger partial charge is 0.497 e. The van der Waals surface area contributed by atoms with E-state index in [1.165, 1.54) is 19.3 Å². The number of epoxide rings is 1. The lowest BCUT2D eigenvalue weighted by Gasteiger charge is -2.39. The van der Waals surface area contributed by atoms with Crippen LogP contribution in [0.1, 0.15) is 43.8 Å². The molecule has 2 fully saturated rings. The van der Waals surface area contributed by atoms with Crippen LogP contribution in [0.5, 0.6) is 11.5 Å². The fourth-order valence-corrected chi connectivity index (χ4v) is 3.53. The van der Waals surface area contributed by atoms with Gasteiger partial charge in [-0.15, -0.1) is 0 Å². The van der Waals surface area contributed by atoms with Gasteiger partial charge < -0.3 is 14.2 Å². The average Bonchev–Trinajstić information content (AvgIpc) is 3.21. The van der Waals surface area contributed by atoms with Gasteiger partial charge in [-0.1, -0.05) is 6.42 Å². The summed E-state index contributed by atoms with van der Waals surface area (Å²) in [4.78, 5) is 0. The summed E-state index contributed by atoms with van der Waals surface area (Å²) in [7, 11) is 1.69.